The van der Waals surface area contributed by atoms with Crippen LogP contribution < -0.4 is 8.96 Å². The van der Waals surface area contributed by atoms with Crippen molar-refractivity contribution in [2.45, 2.75) is 58.3 Å². The quantitative estimate of drug-likeness (QED) is 0.521. The Labute approximate surface area is 151 Å². The average Bonchev–Trinajstić information content (AvgIpc) is 2.39. The fraction of sp³-hybridized carbons (Fsp3) is 0.500. The van der Waals surface area contributed by atoms with Gasteiger partial charge in [-0.2, -0.15) is 0 Å². The first-order valence-electron chi connectivity index (χ1n) is 8.99. The van der Waals surface area contributed by atoms with Crippen molar-refractivity contribution < 1.29 is 4.57 Å². The molecule has 0 fully saturated rings. The summed E-state index contributed by atoms with van der Waals surface area (Å²) in [4.78, 5) is 0. The minimum absolute atomic E-state index is 0.315. The standard InChI is InChI=1S/C22H34GeN/c1-16-10-11-17(2)19(12-16)21-13-20(23(6,7)8)18(15-24(21)9)14-22(3,4)5/h10-13,15H,14H2,1-9H3/q+1. The Kier molecular flexibility index (Phi) is 5.35. The molecule has 130 valence electrons. The van der Waals surface area contributed by atoms with Crippen LogP contribution >= 0.6 is 0 Å². The number of aromatic nitrogens is 1. The van der Waals surface area contributed by atoms with Crippen molar-refractivity contribution in [1.82, 2.24) is 0 Å². The third-order valence-electron chi connectivity index (χ3n) is 4.55. The Balaban J connectivity index is 2.70. The molecule has 2 aromatic rings. The Morgan fingerprint density at radius 3 is 2.17 bits per heavy atom. The zero-order chi connectivity index (χ0) is 18.3. The van der Waals surface area contributed by atoms with Gasteiger partial charge in [0.05, 0.1) is 0 Å². The normalized spacial score (nSPS) is 12.5. The van der Waals surface area contributed by atoms with Crippen molar-refractivity contribution in [3.8, 4) is 11.3 Å². The maximum atomic E-state index is 2.51. The molecule has 0 radical (unpaired) electrons. The first-order chi connectivity index (χ1) is 10.9. The van der Waals surface area contributed by atoms with Crippen LogP contribution in [-0.2, 0) is 13.5 Å². The van der Waals surface area contributed by atoms with Crippen molar-refractivity contribution in [1.29, 1.82) is 0 Å². The number of benzene rings is 1. The molecule has 0 unspecified atom stereocenters. The third kappa shape index (κ3) is 4.50. The molecule has 2 rings (SSSR count). The Hall–Kier alpha value is -1.09. The zero-order valence-electron chi connectivity index (χ0n) is 17.0. The molecule has 0 aliphatic heterocycles. The van der Waals surface area contributed by atoms with Crippen LogP contribution in [-0.4, -0.2) is 13.3 Å². The van der Waals surface area contributed by atoms with E-state index in [0.717, 1.165) is 6.42 Å². The molecular weight excluding hydrogens is 351 g/mol. The fourth-order valence-corrected chi connectivity index (χ4v) is 6.93. The molecule has 0 amide bonds. The van der Waals surface area contributed by atoms with Crippen LogP contribution in [0.3, 0.4) is 0 Å². The molecule has 0 spiro atoms. The Morgan fingerprint density at radius 1 is 1.00 bits per heavy atom. The van der Waals surface area contributed by atoms with Crippen molar-refractivity contribution in [2.75, 3.05) is 0 Å². The van der Waals surface area contributed by atoms with Gasteiger partial charge in [-0.15, -0.1) is 0 Å². The molecule has 0 N–H and O–H groups in total. The van der Waals surface area contributed by atoms with Gasteiger partial charge >= 0.3 is 151 Å². The van der Waals surface area contributed by atoms with E-state index < -0.39 is 13.3 Å². The molecule has 0 aliphatic carbocycles. The van der Waals surface area contributed by atoms with Crippen molar-refractivity contribution in [3.63, 3.8) is 0 Å². The summed E-state index contributed by atoms with van der Waals surface area (Å²) >= 11 is -1.95. The topological polar surface area (TPSA) is 3.88 Å². The summed E-state index contributed by atoms with van der Waals surface area (Å²) in [5, 5.41) is 0. The van der Waals surface area contributed by atoms with Gasteiger partial charge in [0.15, 0.2) is 0 Å². The molecular formula is C22H34GeN+. The number of rotatable bonds is 3. The van der Waals surface area contributed by atoms with Gasteiger partial charge < -0.3 is 0 Å². The monoisotopic (exact) mass is 386 g/mol. The van der Waals surface area contributed by atoms with E-state index in [0.29, 0.717) is 5.41 Å². The van der Waals surface area contributed by atoms with Gasteiger partial charge in [-0.1, -0.05) is 0 Å². The Morgan fingerprint density at radius 2 is 1.62 bits per heavy atom. The van der Waals surface area contributed by atoms with E-state index in [-0.39, 0.29) is 0 Å². The molecule has 0 bridgehead atoms. The van der Waals surface area contributed by atoms with Gasteiger partial charge in [0, 0.05) is 0 Å². The molecule has 1 heterocycles. The molecule has 1 nitrogen and oxygen atoms in total. The summed E-state index contributed by atoms with van der Waals surface area (Å²) in [7, 11) is 2.20. The van der Waals surface area contributed by atoms with E-state index in [2.05, 4.69) is 94.0 Å². The molecule has 0 saturated carbocycles. The summed E-state index contributed by atoms with van der Waals surface area (Å²) < 4.78 is 3.99. The van der Waals surface area contributed by atoms with Crippen LogP contribution in [0.2, 0.25) is 17.3 Å². The summed E-state index contributed by atoms with van der Waals surface area (Å²) in [5.74, 6) is 7.52. The van der Waals surface area contributed by atoms with Crippen LogP contribution in [0.1, 0.15) is 37.5 Å². The van der Waals surface area contributed by atoms with Gasteiger partial charge in [-0.3, -0.25) is 0 Å². The van der Waals surface area contributed by atoms with E-state index in [1.54, 1.807) is 9.96 Å². The van der Waals surface area contributed by atoms with Gasteiger partial charge in [0.2, 0.25) is 0 Å². The first-order valence-corrected chi connectivity index (χ1v) is 16.3. The summed E-state index contributed by atoms with van der Waals surface area (Å²) in [6.07, 6.45) is 3.54. The average molecular weight is 385 g/mol. The minimum atomic E-state index is -1.95. The zero-order valence-corrected chi connectivity index (χ0v) is 19.1. The van der Waals surface area contributed by atoms with Gasteiger partial charge in [0.1, 0.15) is 0 Å². The number of aryl methyl sites for hydroxylation is 3. The third-order valence-corrected chi connectivity index (χ3v) is 8.92. The summed E-state index contributed by atoms with van der Waals surface area (Å²) in [5.41, 5.74) is 7.26. The van der Waals surface area contributed by atoms with E-state index in [9.17, 15) is 0 Å². The SMILES string of the molecule is Cc1ccc(C)c(-c2c[c]([Ge]([CH3])([CH3])[CH3])c(CC(C)(C)C)c[n+]2C)c1. The van der Waals surface area contributed by atoms with Crippen molar-refractivity contribution in [2.24, 2.45) is 12.5 Å². The van der Waals surface area contributed by atoms with E-state index >= 15 is 0 Å². The second-order valence-electron chi connectivity index (χ2n) is 9.51. The van der Waals surface area contributed by atoms with E-state index in [4.69, 9.17) is 0 Å². The molecule has 1 aromatic carbocycles. The first kappa shape index (κ1) is 19.2. The van der Waals surface area contributed by atoms with Crippen LogP contribution in [0, 0.1) is 19.3 Å². The molecule has 24 heavy (non-hydrogen) atoms. The van der Waals surface area contributed by atoms with Crippen LogP contribution in [0.15, 0.2) is 30.5 Å². The van der Waals surface area contributed by atoms with Crippen LogP contribution in [0.25, 0.3) is 11.3 Å². The second kappa shape index (κ2) is 6.67. The number of pyridine rings is 1. The number of hydrogen-bond acceptors (Lipinski definition) is 0. The molecule has 1 aromatic heterocycles. The predicted octanol–water partition coefficient (Wildman–Crippen LogP) is 4.93. The van der Waals surface area contributed by atoms with Gasteiger partial charge in [0.25, 0.3) is 0 Å². The maximum absolute atomic E-state index is 2.51. The molecule has 0 atom stereocenters. The van der Waals surface area contributed by atoms with E-state index in [1.165, 1.54) is 22.4 Å². The van der Waals surface area contributed by atoms with Crippen LogP contribution in [0.4, 0.5) is 0 Å². The molecule has 2 heteroatoms. The van der Waals surface area contributed by atoms with Crippen molar-refractivity contribution in [3.05, 3.63) is 47.2 Å². The summed E-state index contributed by atoms with van der Waals surface area (Å²) in [6, 6.07) is 9.28. The van der Waals surface area contributed by atoms with E-state index in [1.807, 2.05) is 0 Å². The Bertz CT molecular complexity index is 746. The fourth-order valence-electron chi connectivity index (χ4n) is 3.39. The molecule has 0 saturated heterocycles. The van der Waals surface area contributed by atoms with Crippen LogP contribution in [0.5, 0.6) is 0 Å². The van der Waals surface area contributed by atoms with Gasteiger partial charge in [-0.05, 0) is 0 Å². The van der Waals surface area contributed by atoms with Crippen molar-refractivity contribution >= 4 is 17.7 Å². The number of hydrogen-bond donors (Lipinski definition) is 0. The second-order valence-corrected chi connectivity index (χ2v) is 20.1. The van der Waals surface area contributed by atoms with Gasteiger partial charge in [-0.25, -0.2) is 0 Å². The number of nitrogens with zero attached hydrogens (tertiary/aromatic N) is 1. The predicted molar refractivity (Wildman–Crippen MR) is 109 cm³/mol. The summed E-state index contributed by atoms with van der Waals surface area (Å²) in [6.45, 7) is 11.4. The molecule has 0 aliphatic rings.